The van der Waals surface area contributed by atoms with Gasteiger partial charge in [-0.15, -0.1) is 0 Å². The van der Waals surface area contributed by atoms with Crippen LogP contribution in [0.1, 0.15) is 31.8 Å². The fourth-order valence-electron chi connectivity index (χ4n) is 2.93. The van der Waals surface area contributed by atoms with E-state index >= 15 is 0 Å². The molecule has 162 valence electrons. The zero-order valence-corrected chi connectivity index (χ0v) is 18.0. The summed E-state index contributed by atoms with van der Waals surface area (Å²) in [6.45, 7) is 0. The smallest absolute Gasteiger partial charge is 0.185 e. The van der Waals surface area contributed by atoms with Gasteiger partial charge in [-0.25, -0.2) is 0 Å². The molecule has 0 aliphatic rings. The maximum absolute atomic E-state index is 11.8. The molecule has 0 amide bonds. The van der Waals surface area contributed by atoms with Crippen LogP contribution in [-0.2, 0) is 0 Å². The van der Waals surface area contributed by atoms with Crippen LogP contribution in [-0.4, -0.2) is 16.7 Å². The van der Waals surface area contributed by atoms with Crippen LogP contribution < -0.4 is 0 Å². The summed E-state index contributed by atoms with van der Waals surface area (Å²) >= 11 is 0. The van der Waals surface area contributed by atoms with Crippen LogP contribution in [0.15, 0.2) is 127 Å². The third-order valence-electron chi connectivity index (χ3n) is 4.69. The first kappa shape index (κ1) is 23.2. The van der Waals surface area contributed by atoms with Gasteiger partial charge in [-0.2, -0.15) is 0 Å². The molecule has 0 aromatic heterocycles. The predicted octanol–water partition coefficient (Wildman–Crippen LogP) is 6.87. The van der Waals surface area contributed by atoms with E-state index in [0.29, 0.717) is 11.1 Å². The van der Waals surface area contributed by atoms with E-state index in [9.17, 15) is 14.7 Å². The number of rotatable bonds is 6. The molecular weight excluding hydrogens is 408 g/mol. The Morgan fingerprint density at radius 3 is 1.45 bits per heavy atom. The van der Waals surface area contributed by atoms with E-state index in [0.717, 1.165) is 11.1 Å². The molecule has 0 radical (unpaired) electrons. The number of carbonyl (C=O) groups excluding carboxylic acids is 2. The van der Waals surface area contributed by atoms with Gasteiger partial charge in [-0.3, -0.25) is 9.59 Å². The lowest BCUT2D eigenvalue weighted by Crippen LogP contribution is -1.92. The number of ketones is 2. The summed E-state index contributed by atoms with van der Waals surface area (Å²) in [5, 5.41) is 9.53. The number of phenols is 1. The van der Waals surface area contributed by atoms with Crippen molar-refractivity contribution in [2.75, 3.05) is 0 Å². The largest absolute Gasteiger partial charge is 0.507 e. The molecule has 3 nitrogen and oxygen atoms in total. The SMILES string of the molecule is O=C(C=Cc1ccccc1)c1ccccc1.O=C(C=Cc1ccccc1O)c1ccccc1. The molecule has 0 spiro atoms. The molecule has 1 N–H and O–H groups in total. The van der Waals surface area contributed by atoms with E-state index in [1.54, 1.807) is 42.5 Å². The summed E-state index contributed by atoms with van der Waals surface area (Å²) in [4.78, 5) is 23.5. The van der Waals surface area contributed by atoms with Crippen LogP contribution >= 0.6 is 0 Å². The zero-order valence-electron chi connectivity index (χ0n) is 18.0. The van der Waals surface area contributed by atoms with Crippen molar-refractivity contribution in [3.63, 3.8) is 0 Å². The van der Waals surface area contributed by atoms with Gasteiger partial charge in [0.2, 0.25) is 0 Å². The maximum Gasteiger partial charge on any atom is 0.185 e. The first-order chi connectivity index (χ1) is 16.1. The Balaban J connectivity index is 0.000000186. The van der Waals surface area contributed by atoms with Crippen molar-refractivity contribution in [1.29, 1.82) is 0 Å². The van der Waals surface area contributed by atoms with Crippen molar-refractivity contribution in [2.45, 2.75) is 0 Å². The Morgan fingerprint density at radius 2 is 0.939 bits per heavy atom. The molecule has 4 rings (SSSR count). The van der Waals surface area contributed by atoms with Gasteiger partial charge in [-0.1, -0.05) is 115 Å². The Hall–Kier alpha value is -4.50. The lowest BCUT2D eigenvalue weighted by Gasteiger charge is -1.97. The first-order valence-corrected chi connectivity index (χ1v) is 10.5. The minimum atomic E-state index is -0.0751. The highest BCUT2D eigenvalue weighted by molar-refractivity contribution is 6.07. The van der Waals surface area contributed by atoms with Gasteiger partial charge in [0.1, 0.15) is 5.75 Å². The molecule has 0 aliphatic heterocycles. The fourth-order valence-corrected chi connectivity index (χ4v) is 2.93. The normalized spacial score (nSPS) is 10.5. The summed E-state index contributed by atoms with van der Waals surface area (Å²) in [6.07, 6.45) is 6.51. The molecule has 0 atom stereocenters. The van der Waals surface area contributed by atoms with Gasteiger partial charge in [0, 0.05) is 16.7 Å². The number of para-hydroxylation sites is 1. The number of hydrogen-bond donors (Lipinski definition) is 1. The van der Waals surface area contributed by atoms with Crippen LogP contribution in [0, 0.1) is 0 Å². The van der Waals surface area contributed by atoms with Crippen molar-refractivity contribution in [1.82, 2.24) is 0 Å². The van der Waals surface area contributed by atoms with Gasteiger partial charge in [0.25, 0.3) is 0 Å². The molecular formula is C30H24O3. The van der Waals surface area contributed by atoms with Gasteiger partial charge < -0.3 is 5.11 Å². The van der Waals surface area contributed by atoms with E-state index in [-0.39, 0.29) is 17.3 Å². The predicted molar refractivity (Wildman–Crippen MR) is 134 cm³/mol. The van der Waals surface area contributed by atoms with Crippen molar-refractivity contribution in [2.24, 2.45) is 0 Å². The van der Waals surface area contributed by atoms with E-state index in [2.05, 4.69) is 0 Å². The van der Waals surface area contributed by atoms with E-state index in [1.807, 2.05) is 91.0 Å². The summed E-state index contributed by atoms with van der Waals surface area (Å²) < 4.78 is 0. The molecule has 3 heteroatoms. The number of benzene rings is 4. The molecule has 0 saturated heterocycles. The van der Waals surface area contributed by atoms with E-state index < -0.39 is 0 Å². The number of allylic oxidation sites excluding steroid dienone is 2. The fraction of sp³-hybridized carbons (Fsp3) is 0. The van der Waals surface area contributed by atoms with Crippen LogP contribution in [0.25, 0.3) is 12.2 Å². The van der Waals surface area contributed by atoms with E-state index in [1.165, 1.54) is 6.08 Å². The molecule has 0 fully saturated rings. The van der Waals surface area contributed by atoms with Crippen molar-refractivity contribution >= 4 is 23.7 Å². The van der Waals surface area contributed by atoms with Crippen LogP contribution in [0.4, 0.5) is 0 Å². The molecule has 0 bridgehead atoms. The van der Waals surface area contributed by atoms with Crippen molar-refractivity contribution in [3.05, 3.63) is 150 Å². The average molecular weight is 433 g/mol. The highest BCUT2D eigenvalue weighted by Gasteiger charge is 2.01. The minimum absolute atomic E-state index is 0.0319. The van der Waals surface area contributed by atoms with Crippen molar-refractivity contribution < 1.29 is 14.7 Å². The van der Waals surface area contributed by atoms with Crippen LogP contribution in [0.5, 0.6) is 5.75 Å². The van der Waals surface area contributed by atoms with Gasteiger partial charge >= 0.3 is 0 Å². The molecule has 4 aromatic rings. The number of hydrogen-bond acceptors (Lipinski definition) is 3. The summed E-state index contributed by atoms with van der Waals surface area (Å²) in [5.74, 6) is 0.128. The second-order valence-electron chi connectivity index (χ2n) is 7.10. The highest BCUT2D eigenvalue weighted by atomic mass is 16.3. The van der Waals surface area contributed by atoms with Crippen LogP contribution in [0.2, 0.25) is 0 Å². The molecule has 0 unspecified atom stereocenters. The number of phenolic OH excluding ortho intramolecular Hbond substituents is 1. The third kappa shape index (κ3) is 7.60. The Labute approximate surface area is 194 Å². The Morgan fingerprint density at radius 1 is 0.515 bits per heavy atom. The number of carbonyl (C=O) groups is 2. The molecule has 0 saturated carbocycles. The van der Waals surface area contributed by atoms with Crippen LogP contribution in [0.3, 0.4) is 0 Å². The summed E-state index contributed by atoms with van der Waals surface area (Å²) in [6, 6.07) is 35.0. The van der Waals surface area contributed by atoms with E-state index in [4.69, 9.17) is 0 Å². The second kappa shape index (κ2) is 12.4. The number of aromatic hydroxyl groups is 1. The summed E-state index contributed by atoms with van der Waals surface area (Å²) in [7, 11) is 0. The van der Waals surface area contributed by atoms with Gasteiger partial charge in [0.15, 0.2) is 11.6 Å². The monoisotopic (exact) mass is 432 g/mol. The Kier molecular flexibility index (Phi) is 8.69. The molecule has 0 aliphatic carbocycles. The zero-order chi connectivity index (χ0) is 23.3. The quantitative estimate of drug-likeness (QED) is 0.267. The lowest BCUT2D eigenvalue weighted by molar-refractivity contribution is 0.103. The summed E-state index contributed by atoms with van der Waals surface area (Å²) in [5.41, 5.74) is 3.03. The highest BCUT2D eigenvalue weighted by Crippen LogP contribution is 2.17. The molecule has 0 heterocycles. The second-order valence-corrected chi connectivity index (χ2v) is 7.10. The maximum atomic E-state index is 11.8. The minimum Gasteiger partial charge on any atom is -0.507 e. The van der Waals surface area contributed by atoms with Gasteiger partial charge in [-0.05, 0) is 29.9 Å². The third-order valence-corrected chi connectivity index (χ3v) is 4.69. The first-order valence-electron chi connectivity index (χ1n) is 10.5. The van der Waals surface area contributed by atoms with Crippen molar-refractivity contribution in [3.8, 4) is 5.75 Å². The average Bonchev–Trinajstić information content (AvgIpc) is 2.88. The van der Waals surface area contributed by atoms with Gasteiger partial charge in [0.05, 0.1) is 0 Å². The Bertz CT molecular complexity index is 1230. The molecule has 33 heavy (non-hydrogen) atoms. The standard InChI is InChI=1S/C15H12O2.C15H12O/c16-14-9-5-4-8-13(14)10-11-15(17)12-6-2-1-3-7-12;16-15(14-9-5-2-6-10-14)12-11-13-7-3-1-4-8-13/h1-11,16H;1-12H. The lowest BCUT2D eigenvalue weighted by atomic mass is 10.1. The molecule has 4 aromatic carbocycles. The topological polar surface area (TPSA) is 54.4 Å².